The topological polar surface area (TPSA) is 55.8 Å². The van der Waals surface area contributed by atoms with Gasteiger partial charge in [-0.1, -0.05) is 12.1 Å². The molecule has 4 rings (SSSR count). The van der Waals surface area contributed by atoms with Gasteiger partial charge in [-0.3, -0.25) is 9.59 Å². The number of nitrogens with zero attached hydrogens (tertiary/aromatic N) is 1. The number of amides is 1. The molecule has 2 aromatic carbocycles. The van der Waals surface area contributed by atoms with Crippen molar-refractivity contribution in [3.63, 3.8) is 0 Å². The molecule has 0 unspecified atom stereocenters. The summed E-state index contributed by atoms with van der Waals surface area (Å²) in [6.45, 7) is 2.48. The van der Waals surface area contributed by atoms with Gasteiger partial charge in [0.25, 0.3) is 5.91 Å². The number of ketones is 1. The van der Waals surface area contributed by atoms with Gasteiger partial charge in [-0.15, -0.1) is 0 Å². The zero-order chi connectivity index (χ0) is 16.0. The standard InChI is InChI=1S/C18H15NO4/c1-11-3-2-4-13-14(20)7-8-19(17(11)13)18(21)12-5-6-15-16(9-12)23-10-22-15/h2-6,9H,7-8,10H2,1H3. The lowest BCUT2D eigenvalue weighted by atomic mass is 9.96. The molecule has 2 aliphatic rings. The van der Waals surface area contributed by atoms with Crippen molar-refractivity contribution in [1.82, 2.24) is 0 Å². The van der Waals surface area contributed by atoms with Gasteiger partial charge in [0.2, 0.25) is 6.79 Å². The first-order valence-corrected chi connectivity index (χ1v) is 7.49. The molecule has 2 heterocycles. The molecule has 0 aromatic heterocycles. The summed E-state index contributed by atoms with van der Waals surface area (Å²) in [6.07, 6.45) is 0.340. The lowest BCUT2D eigenvalue weighted by molar-refractivity contribution is 0.0954. The Morgan fingerprint density at radius 1 is 1.13 bits per heavy atom. The molecule has 2 aliphatic heterocycles. The molecule has 0 radical (unpaired) electrons. The van der Waals surface area contributed by atoms with Gasteiger partial charge in [-0.25, -0.2) is 0 Å². The van der Waals surface area contributed by atoms with Gasteiger partial charge in [0, 0.05) is 24.1 Å². The minimum absolute atomic E-state index is 0.0819. The predicted octanol–water partition coefficient (Wildman–Crippen LogP) is 2.96. The van der Waals surface area contributed by atoms with Crippen LogP contribution in [0.2, 0.25) is 0 Å². The monoisotopic (exact) mass is 309 g/mol. The maximum atomic E-state index is 12.9. The number of fused-ring (bicyclic) bond motifs is 2. The van der Waals surface area contributed by atoms with Crippen molar-refractivity contribution in [2.24, 2.45) is 0 Å². The molecular weight excluding hydrogens is 294 g/mol. The highest BCUT2D eigenvalue weighted by Crippen LogP contribution is 2.35. The van der Waals surface area contributed by atoms with E-state index in [0.29, 0.717) is 41.3 Å². The number of rotatable bonds is 1. The quantitative estimate of drug-likeness (QED) is 0.812. The zero-order valence-corrected chi connectivity index (χ0v) is 12.7. The Hall–Kier alpha value is -2.82. The second kappa shape index (κ2) is 5.12. The minimum atomic E-state index is -0.133. The van der Waals surface area contributed by atoms with Gasteiger partial charge < -0.3 is 14.4 Å². The average Bonchev–Trinajstić information content (AvgIpc) is 3.03. The van der Waals surface area contributed by atoms with E-state index in [0.717, 1.165) is 5.56 Å². The van der Waals surface area contributed by atoms with Crippen molar-refractivity contribution in [3.8, 4) is 11.5 Å². The summed E-state index contributed by atoms with van der Waals surface area (Å²) in [7, 11) is 0. The van der Waals surface area contributed by atoms with Crippen molar-refractivity contribution in [1.29, 1.82) is 0 Å². The lowest BCUT2D eigenvalue weighted by Gasteiger charge is -2.30. The van der Waals surface area contributed by atoms with E-state index in [4.69, 9.17) is 9.47 Å². The Morgan fingerprint density at radius 2 is 1.96 bits per heavy atom. The highest BCUT2D eigenvalue weighted by Gasteiger charge is 2.30. The fraction of sp³-hybridized carbons (Fsp3) is 0.222. The Morgan fingerprint density at radius 3 is 2.83 bits per heavy atom. The maximum absolute atomic E-state index is 12.9. The summed E-state index contributed by atoms with van der Waals surface area (Å²) in [5.74, 6) is 1.17. The Bertz CT molecular complexity index is 828. The van der Waals surface area contributed by atoms with Crippen LogP contribution in [0, 0.1) is 6.92 Å². The first kappa shape index (κ1) is 13.8. The van der Waals surface area contributed by atoms with Crippen molar-refractivity contribution in [3.05, 3.63) is 53.1 Å². The van der Waals surface area contributed by atoms with Crippen LogP contribution in [0.25, 0.3) is 0 Å². The second-order valence-electron chi connectivity index (χ2n) is 5.67. The van der Waals surface area contributed by atoms with Gasteiger partial charge in [0.1, 0.15) is 0 Å². The fourth-order valence-electron chi connectivity index (χ4n) is 3.09. The van der Waals surface area contributed by atoms with E-state index in [1.165, 1.54) is 0 Å². The number of hydrogen-bond donors (Lipinski definition) is 0. The Kier molecular flexibility index (Phi) is 3.08. The molecule has 0 saturated carbocycles. The number of ether oxygens (including phenoxy) is 2. The summed E-state index contributed by atoms with van der Waals surface area (Å²) in [4.78, 5) is 26.7. The summed E-state index contributed by atoms with van der Waals surface area (Å²) >= 11 is 0. The van der Waals surface area contributed by atoms with Crippen LogP contribution in [-0.4, -0.2) is 25.0 Å². The molecule has 0 N–H and O–H groups in total. The first-order valence-electron chi connectivity index (χ1n) is 7.49. The molecule has 0 atom stereocenters. The number of hydrogen-bond acceptors (Lipinski definition) is 4. The van der Waals surface area contributed by atoms with E-state index in [1.54, 1.807) is 29.2 Å². The molecule has 2 aromatic rings. The molecule has 0 saturated heterocycles. The number of aryl methyl sites for hydroxylation is 1. The third-order valence-corrected chi connectivity index (χ3v) is 4.24. The van der Waals surface area contributed by atoms with Crippen LogP contribution in [0.1, 0.15) is 32.7 Å². The molecule has 0 bridgehead atoms. The highest BCUT2D eigenvalue weighted by atomic mass is 16.7. The van der Waals surface area contributed by atoms with Crippen LogP contribution < -0.4 is 14.4 Å². The molecule has 23 heavy (non-hydrogen) atoms. The maximum Gasteiger partial charge on any atom is 0.258 e. The van der Waals surface area contributed by atoms with E-state index >= 15 is 0 Å². The van der Waals surface area contributed by atoms with Gasteiger partial charge in [-0.2, -0.15) is 0 Å². The van der Waals surface area contributed by atoms with Gasteiger partial charge >= 0.3 is 0 Å². The SMILES string of the molecule is Cc1cccc2c1N(C(=O)c1ccc3c(c1)OCO3)CCC2=O. The van der Waals surface area contributed by atoms with Crippen LogP contribution in [0.4, 0.5) is 5.69 Å². The van der Waals surface area contributed by atoms with E-state index in [2.05, 4.69) is 0 Å². The molecular formula is C18H15NO4. The van der Waals surface area contributed by atoms with Crippen molar-refractivity contribution in [2.75, 3.05) is 18.2 Å². The van der Waals surface area contributed by atoms with Crippen molar-refractivity contribution < 1.29 is 19.1 Å². The summed E-state index contributed by atoms with van der Waals surface area (Å²) < 4.78 is 10.6. The molecule has 1 amide bonds. The van der Waals surface area contributed by atoms with Gasteiger partial charge in [0.05, 0.1) is 5.69 Å². The Labute approximate surface area is 133 Å². The molecule has 5 heteroatoms. The molecule has 0 spiro atoms. The second-order valence-corrected chi connectivity index (χ2v) is 5.67. The number of Topliss-reactive ketones (excluding diaryl/α,β-unsaturated/α-hetero) is 1. The molecule has 116 valence electrons. The third-order valence-electron chi connectivity index (χ3n) is 4.24. The van der Waals surface area contributed by atoms with Crippen LogP contribution in [0.15, 0.2) is 36.4 Å². The Balaban J connectivity index is 1.75. The van der Waals surface area contributed by atoms with Gasteiger partial charge in [0.15, 0.2) is 17.3 Å². The first-order chi connectivity index (χ1) is 11.1. The van der Waals surface area contributed by atoms with E-state index in [9.17, 15) is 9.59 Å². The van der Waals surface area contributed by atoms with Crippen LogP contribution >= 0.6 is 0 Å². The van der Waals surface area contributed by atoms with Crippen LogP contribution in [-0.2, 0) is 0 Å². The summed E-state index contributed by atoms with van der Waals surface area (Å²) in [5, 5.41) is 0. The van der Waals surface area contributed by atoms with E-state index in [-0.39, 0.29) is 18.5 Å². The summed E-state index contributed by atoms with van der Waals surface area (Å²) in [5.41, 5.74) is 2.78. The van der Waals surface area contributed by atoms with Crippen molar-refractivity contribution >= 4 is 17.4 Å². The number of carbonyl (C=O) groups is 2. The van der Waals surface area contributed by atoms with Crippen LogP contribution in [0.3, 0.4) is 0 Å². The normalized spacial score (nSPS) is 15.5. The molecule has 0 aliphatic carbocycles. The van der Waals surface area contributed by atoms with E-state index in [1.807, 2.05) is 19.1 Å². The number of carbonyl (C=O) groups excluding carboxylic acids is 2. The highest BCUT2D eigenvalue weighted by molar-refractivity contribution is 6.14. The molecule has 5 nitrogen and oxygen atoms in total. The van der Waals surface area contributed by atoms with E-state index < -0.39 is 0 Å². The van der Waals surface area contributed by atoms with Crippen molar-refractivity contribution in [2.45, 2.75) is 13.3 Å². The fourth-order valence-corrected chi connectivity index (χ4v) is 3.09. The van der Waals surface area contributed by atoms with Crippen LogP contribution in [0.5, 0.6) is 11.5 Å². The predicted molar refractivity (Wildman–Crippen MR) is 84.4 cm³/mol. The minimum Gasteiger partial charge on any atom is -0.454 e. The smallest absolute Gasteiger partial charge is 0.258 e. The third kappa shape index (κ3) is 2.16. The largest absolute Gasteiger partial charge is 0.454 e. The zero-order valence-electron chi connectivity index (χ0n) is 12.7. The molecule has 0 fully saturated rings. The average molecular weight is 309 g/mol. The lowest BCUT2D eigenvalue weighted by Crippen LogP contribution is -2.38. The number of para-hydroxylation sites is 1. The summed E-state index contributed by atoms with van der Waals surface area (Å²) in [6, 6.07) is 10.7. The number of benzene rings is 2. The number of anilines is 1. The van der Waals surface area contributed by atoms with Gasteiger partial charge in [-0.05, 0) is 36.8 Å².